The second kappa shape index (κ2) is 12.1. The first-order valence-corrected chi connectivity index (χ1v) is 8.76. The first kappa shape index (κ1) is 19.7. The molecule has 0 bridgehead atoms. The summed E-state index contributed by atoms with van der Waals surface area (Å²) in [5.41, 5.74) is 5.51. The molecule has 0 aliphatic carbocycles. The van der Waals surface area contributed by atoms with E-state index in [1.165, 1.54) is 22.3 Å². The van der Waals surface area contributed by atoms with Crippen molar-refractivity contribution in [1.29, 1.82) is 0 Å². The van der Waals surface area contributed by atoms with Gasteiger partial charge in [0.05, 0.1) is 0 Å². The summed E-state index contributed by atoms with van der Waals surface area (Å²) in [4.78, 5) is 0. The molecule has 0 unspecified atom stereocenters. The van der Waals surface area contributed by atoms with E-state index in [-0.39, 0.29) is 0 Å². The molecular weight excluding hydrogens is 288 g/mol. The summed E-state index contributed by atoms with van der Waals surface area (Å²) in [5.74, 6) is 0. The highest BCUT2D eigenvalue weighted by Crippen LogP contribution is 2.03. The van der Waals surface area contributed by atoms with Gasteiger partial charge in [-0.15, -0.1) is 0 Å². The predicted molar refractivity (Wildman–Crippen MR) is 108 cm³/mol. The van der Waals surface area contributed by atoms with Gasteiger partial charge in [0.25, 0.3) is 0 Å². The van der Waals surface area contributed by atoms with Crippen molar-refractivity contribution in [3.05, 3.63) is 107 Å². The molecule has 3 aromatic carbocycles. The molecule has 0 heteroatoms. The van der Waals surface area contributed by atoms with Crippen molar-refractivity contribution < 1.29 is 0 Å². The van der Waals surface area contributed by atoms with Crippen LogP contribution in [0.4, 0.5) is 0 Å². The van der Waals surface area contributed by atoms with E-state index in [9.17, 15) is 0 Å². The van der Waals surface area contributed by atoms with Crippen LogP contribution in [0.5, 0.6) is 0 Å². The molecule has 3 aromatic rings. The zero-order chi connectivity index (χ0) is 17.6. The third-order valence-corrected chi connectivity index (χ3v) is 3.72. The second-order valence-corrected chi connectivity index (χ2v) is 5.83. The van der Waals surface area contributed by atoms with E-state index in [2.05, 4.69) is 76.2 Å². The predicted octanol–water partition coefficient (Wildman–Crippen LogP) is 6.80. The number of hydrogen-bond acceptors (Lipinski definition) is 0. The summed E-state index contributed by atoms with van der Waals surface area (Å²) in [5, 5.41) is 0. The minimum atomic E-state index is 1.14. The van der Waals surface area contributed by atoms with Crippen LogP contribution in [-0.2, 0) is 12.8 Å². The van der Waals surface area contributed by atoms with Gasteiger partial charge in [-0.1, -0.05) is 110 Å². The van der Waals surface area contributed by atoms with E-state index in [0.29, 0.717) is 0 Å². The van der Waals surface area contributed by atoms with Crippen LogP contribution in [0, 0.1) is 13.8 Å². The van der Waals surface area contributed by atoms with E-state index in [4.69, 9.17) is 0 Å². The first-order valence-electron chi connectivity index (χ1n) is 8.76. The molecule has 24 heavy (non-hydrogen) atoms. The average Bonchev–Trinajstić information content (AvgIpc) is 2.65. The molecule has 0 N–H and O–H groups in total. The van der Waals surface area contributed by atoms with Crippen LogP contribution in [0.3, 0.4) is 0 Å². The molecule has 0 aliphatic heterocycles. The number of aryl methyl sites for hydroxylation is 4. The first-order chi connectivity index (χ1) is 11.7. The Morgan fingerprint density at radius 2 is 0.708 bits per heavy atom. The molecule has 0 saturated heterocycles. The van der Waals surface area contributed by atoms with Gasteiger partial charge in [0.15, 0.2) is 0 Å². The molecule has 0 aromatic heterocycles. The van der Waals surface area contributed by atoms with Crippen LogP contribution in [0.1, 0.15) is 36.1 Å². The van der Waals surface area contributed by atoms with Gasteiger partial charge in [0, 0.05) is 0 Å². The highest BCUT2D eigenvalue weighted by Gasteiger charge is 1.85. The molecule has 3 rings (SSSR count). The number of benzene rings is 3. The fourth-order valence-corrected chi connectivity index (χ4v) is 2.03. The van der Waals surface area contributed by atoms with Crippen LogP contribution < -0.4 is 0 Å². The SMILES string of the molecule is CCc1ccc(C)cc1.CCc1ccc(C)cc1.c1ccccc1. The Bertz CT molecular complexity index is 562. The van der Waals surface area contributed by atoms with Gasteiger partial charge in [0.2, 0.25) is 0 Å². The zero-order valence-electron chi connectivity index (χ0n) is 15.5. The van der Waals surface area contributed by atoms with E-state index >= 15 is 0 Å². The molecule has 0 saturated carbocycles. The van der Waals surface area contributed by atoms with Crippen LogP contribution >= 0.6 is 0 Å². The molecule has 0 radical (unpaired) electrons. The van der Waals surface area contributed by atoms with E-state index in [1.807, 2.05) is 36.4 Å². The van der Waals surface area contributed by atoms with Crippen molar-refractivity contribution >= 4 is 0 Å². The highest BCUT2D eigenvalue weighted by molar-refractivity contribution is 5.21. The molecule has 0 nitrogen and oxygen atoms in total. The minimum absolute atomic E-state index is 1.14. The maximum atomic E-state index is 2.18. The standard InChI is InChI=1S/2C9H12.C6H6/c2*1-3-9-6-4-8(2)5-7-9;1-2-4-6-5-3-1/h2*4-7H,3H2,1-2H3;1-6H. The van der Waals surface area contributed by atoms with Crippen molar-refractivity contribution in [2.75, 3.05) is 0 Å². The van der Waals surface area contributed by atoms with Gasteiger partial charge < -0.3 is 0 Å². The summed E-state index contributed by atoms with van der Waals surface area (Å²) >= 11 is 0. The molecule has 0 spiro atoms. The Hall–Kier alpha value is -2.34. The molecule has 0 aliphatic rings. The van der Waals surface area contributed by atoms with Crippen LogP contribution in [0.15, 0.2) is 84.9 Å². The summed E-state index contributed by atoms with van der Waals surface area (Å²) in [6.07, 6.45) is 2.28. The summed E-state index contributed by atoms with van der Waals surface area (Å²) in [6, 6.07) is 29.3. The van der Waals surface area contributed by atoms with Crippen LogP contribution in [-0.4, -0.2) is 0 Å². The van der Waals surface area contributed by atoms with Crippen molar-refractivity contribution in [3.63, 3.8) is 0 Å². The van der Waals surface area contributed by atoms with Crippen LogP contribution in [0.2, 0.25) is 0 Å². The summed E-state index contributed by atoms with van der Waals surface area (Å²) in [6.45, 7) is 8.56. The molecule has 126 valence electrons. The van der Waals surface area contributed by atoms with E-state index in [1.54, 1.807) is 0 Å². The van der Waals surface area contributed by atoms with Crippen molar-refractivity contribution in [1.82, 2.24) is 0 Å². The van der Waals surface area contributed by atoms with Gasteiger partial charge in [-0.3, -0.25) is 0 Å². The Morgan fingerprint density at radius 3 is 0.917 bits per heavy atom. The lowest BCUT2D eigenvalue weighted by Crippen LogP contribution is -1.77. The Labute approximate surface area is 148 Å². The normalized spacial score (nSPS) is 9.17. The average molecular weight is 319 g/mol. The Morgan fingerprint density at radius 1 is 0.458 bits per heavy atom. The molecule has 0 fully saturated rings. The topological polar surface area (TPSA) is 0 Å². The van der Waals surface area contributed by atoms with Crippen molar-refractivity contribution in [3.8, 4) is 0 Å². The van der Waals surface area contributed by atoms with Gasteiger partial charge >= 0.3 is 0 Å². The largest absolute Gasteiger partial charge is 0.0623 e. The Balaban J connectivity index is 0.000000184. The van der Waals surface area contributed by atoms with Gasteiger partial charge in [-0.25, -0.2) is 0 Å². The third-order valence-electron chi connectivity index (χ3n) is 3.72. The van der Waals surface area contributed by atoms with Gasteiger partial charge in [-0.2, -0.15) is 0 Å². The van der Waals surface area contributed by atoms with Crippen LogP contribution in [0.25, 0.3) is 0 Å². The Kier molecular flexibility index (Phi) is 9.96. The molecular formula is C24H30. The maximum Gasteiger partial charge on any atom is -0.0307 e. The summed E-state index contributed by atoms with van der Waals surface area (Å²) < 4.78 is 0. The van der Waals surface area contributed by atoms with Crippen molar-refractivity contribution in [2.24, 2.45) is 0 Å². The van der Waals surface area contributed by atoms with Gasteiger partial charge in [0.1, 0.15) is 0 Å². The second-order valence-electron chi connectivity index (χ2n) is 5.83. The van der Waals surface area contributed by atoms with Crippen molar-refractivity contribution in [2.45, 2.75) is 40.5 Å². The van der Waals surface area contributed by atoms with E-state index in [0.717, 1.165) is 12.8 Å². The highest BCUT2D eigenvalue weighted by atomic mass is 13.9. The lowest BCUT2D eigenvalue weighted by atomic mass is 10.1. The fourth-order valence-electron chi connectivity index (χ4n) is 2.03. The smallest absolute Gasteiger partial charge is 0.0307 e. The quantitative estimate of drug-likeness (QED) is 0.487. The molecule has 0 atom stereocenters. The monoisotopic (exact) mass is 318 g/mol. The molecule has 0 heterocycles. The zero-order valence-corrected chi connectivity index (χ0v) is 15.5. The van der Waals surface area contributed by atoms with Gasteiger partial charge in [-0.05, 0) is 37.8 Å². The lowest BCUT2D eigenvalue weighted by molar-refractivity contribution is 1.14. The molecule has 0 amide bonds. The lowest BCUT2D eigenvalue weighted by Gasteiger charge is -1.94. The fraction of sp³-hybridized carbons (Fsp3) is 0.250. The maximum absolute atomic E-state index is 2.18. The van der Waals surface area contributed by atoms with E-state index < -0.39 is 0 Å². The minimum Gasteiger partial charge on any atom is -0.0623 e. The third kappa shape index (κ3) is 8.95. The number of hydrogen-bond donors (Lipinski definition) is 0. The summed E-state index contributed by atoms with van der Waals surface area (Å²) in [7, 11) is 0. The number of rotatable bonds is 2.